The molecule has 2 N–H and O–H groups in total. The Balaban J connectivity index is 1.46. The van der Waals surface area contributed by atoms with Crippen LogP contribution < -0.4 is 9.13 Å². The molecular weight excluding hydrogens is 340 g/mol. The van der Waals surface area contributed by atoms with Crippen LogP contribution in [0, 0.1) is 0 Å². The summed E-state index contributed by atoms with van der Waals surface area (Å²) >= 11 is 0. The van der Waals surface area contributed by atoms with Crippen LogP contribution >= 0.6 is 0 Å². The van der Waals surface area contributed by atoms with Crippen molar-refractivity contribution in [3.63, 3.8) is 0 Å². The van der Waals surface area contributed by atoms with E-state index in [1.807, 2.05) is 58.2 Å². The fourth-order valence-corrected chi connectivity index (χ4v) is 3.37. The first-order valence-electron chi connectivity index (χ1n) is 8.56. The zero-order chi connectivity index (χ0) is 17.8. The molecule has 6 aromatic heterocycles. The van der Waals surface area contributed by atoms with Gasteiger partial charge in [0.15, 0.2) is 12.4 Å². The van der Waals surface area contributed by atoms with E-state index in [0.29, 0.717) is 0 Å². The first kappa shape index (κ1) is 14.2. The SMILES string of the molecule is c1cc2oc(-[n+]3ccc4[nH]c(-[n+]5ccc6[nH]cnc6c5)cc4c3)cc2cn1. The topological polar surface area (TPSA) is 78.3 Å². The van der Waals surface area contributed by atoms with Crippen LogP contribution in [0.3, 0.4) is 0 Å². The summed E-state index contributed by atoms with van der Waals surface area (Å²) in [6.07, 6.45) is 13.3. The number of rotatable bonds is 2. The molecule has 128 valence electrons. The van der Waals surface area contributed by atoms with E-state index in [1.165, 1.54) is 0 Å². The summed E-state index contributed by atoms with van der Waals surface area (Å²) in [6.45, 7) is 0. The van der Waals surface area contributed by atoms with E-state index in [1.54, 1.807) is 18.7 Å². The van der Waals surface area contributed by atoms with Crippen LogP contribution in [0.5, 0.6) is 0 Å². The highest BCUT2D eigenvalue weighted by Crippen LogP contribution is 2.19. The van der Waals surface area contributed by atoms with Gasteiger partial charge in [-0.25, -0.2) is 14.5 Å². The molecule has 6 rings (SSSR count). The van der Waals surface area contributed by atoms with Crippen LogP contribution in [0.15, 0.2) is 78.3 Å². The molecule has 7 heteroatoms. The second-order valence-electron chi connectivity index (χ2n) is 6.43. The molecule has 0 saturated heterocycles. The molecule has 0 unspecified atom stereocenters. The van der Waals surface area contributed by atoms with E-state index in [0.717, 1.165) is 44.6 Å². The third kappa shape index (κ3) is 2.22. The monoisotopic (exact) mass is 354 g/mol. The van der Waals surface area contributed by atoms with Crippen molar-refractivity contribution in [3.05, 3.63) is 73.8 Å². The fourth-order valence-electron chi connectivity index (χ4n) is 3.37. The van der Waals surface area contributed by atoms with Crippen molar-refractivity contribution in [1.82, 2.24) is 19.9 Å². The van der Waals surface area contributed by atoms with Crippen LogP contribution in [-0.4, -0.2) is 19.9 Å². The number of aromatic nitrogens is 6. The van der Waals surface area contributed by atoms with Gasteiger partial charge in [-0.2, -0.15) is 0 Å². The van der Waals surface area contributed by atoms with Crippen LogP contribution in [0.25, 0.3) is 44.6 Å². The standard InChI is InChI=1S/C20H12N6O/c1-4-21-9-13-8-20(27-18(1)13)26-6-2-15-14(10-26)7-19(24-15)25-5-3-16-17(11-25)23-12-22-16/h1-12H/p+2. The van der Waals surface area contributed by atoms with E-state index in [4.69, 9.17) is 4.42 Å². The van der Waals surface area contributed by atoms with Crippen molar-refractivity contribution in [2.45, 2.75) is 0 Å². The Hall–Kier alpha value is -4.00. The van der Waals surface area contributed by atoms with E-state index in [2.05, 4.69) is 26.0 Å². The Bertz CT molecular complexity index is 1410. The smallest absolute Gasteiger partial charge is 0.379 e. The molecule has 0 aliphatic carbocycles. The molecule has 0 spiro atoms. The van der Waals surface area contributed by atoms with Crippen LogP contribution in [0.2, 0.25) is 0 Å². The highest BCUT2D eigenvalue weighted by Gasteiger charge is 2.18. The van der Waals surface area contributed by atoms with Crippen molar-refractivity contribution >= 4 is 32.9 Å². The molecule has 0 amide bonds. The van der Waals surface area contributed by atoms with Gasteiger partial charge in [0.1, 0.15) is 22.8 Å². The van der Waals surface area contributed by atoms with Crippen molar-refractivity contribution in [2.75, 3.05) is 0 Å². The van der Waals surface area contributed by atoms with Crippen LogP contribution in [-0.2, 0) is 0 Å². The average molecular weight is 354 g/mol. The van der Waals surface area contributed by atoms with Crippen LogP contribution in [0.4, 0.5) is 0 Å². The maximum absolute atomic E-state index is 5.93. The summed E-state index contributed by atoms with van der Waals surface area (Å²) in [6, 6.07) is 10.0. The first-order chi connectivity index (χ1) is 13.3. The molecule has 0 saturated carbocycles. The van der Waals surface area contributed by atoms with E-state index in [9.17, 15) is 0 Å². The van der Waals surface area contributed by atoms with Gasteiger partial charge in [0, 0.05) is 29.9 Å². The lowest BCUT2D eigenvalue weighted by molar-refractivity contribution is -0.607. The molecule has 0 aromatic carbocycles. The number of nitrogens with zero attached hydrogens (tertiary/aromatic N) is 4. The maximum atomic E-state index is 5.93. The fraction of sp³-hybridized carbons (Fsp3) is 0. The van der Waals surface area contributed by atoms with E-state index < -0.39 is 0 Å². The minimum atomic E-state index is 0.758. The summed E-state index contributed by atoms with van der Waals surface area (Å²) in [5.74, 6) is 1.73. The Morgan fingerprint density at radius 3 is 2.81 bits per heavy atom. The van der Waals surface area contributed by atoms with E-state index >= 15 is 0 Å². The molecular formula is C20H14N6O+2. The van der Waals surface area contributed by atoms with Gasteiger partial charge >= 0.3 is 5.88 Å². The zero-order valence-corrected chi connectivity index (χ0v) is 14.1. The number of furan rings is 1. The Morgan fingerprint density at radius 2 is 1.85 bits per heavy atom. The summed E-state index contributed by atoms with van der Waals surface area (Å²) in [5.41, 5.74) is 3.81. The predicted octanol–water partition coefficient (Wildman–Crippen LogP) is 2.74. The number of hydrogen-bond donors (Lipinski definition) is 2. The first-order valence-corrected chi connectivity index (χ1v) is 8.56. The number of H-pyrrole nitrogens is 2. The van der Waals surface area contributed by atoms with Gasteiger partial charge < -0.3 is 9.40 Å². The largest absolute Gasteiger partial charge is 0.404 e. The molecule has 0 aliphatic rings. The zero-order valence-electron chi connectivity index (χ0n) is 14.1. The summed E-state index contributed by atoms with van der Waals surface area (Å²) in [7, 11) is 0. The van der Waals surface area contributed by atoms with Gasteiger partial charge in [0.05, 0.1) is 35.6 Å². The number of hydrogen-bond acceptors (Lipinski definition) is 3. The third-order valence-corrected chi connectivity index (χ3v) is 4.75. The molecule has 0 fully saturated rings. The third-order valence-electron chi connectivity index (χ3n) is 4.75. The quantitative estimate of drug-likeness (QED) is 0.469. The van der Waals surface area contributed by atoms with Gasteiger partial charge in [-0.05, 0) is 6.07 Å². The Kier molecular flexibility index (Phi) is 2.76. The molecule has 27 heavy (non-hydrogen) atoms. The lowest BCUT2D eigenvalue weighted by atomic mass is 10.3. The highest BCUT2D eigenvalue weighted by molar-refractivity contribution is 5.80. The van der Waals surface area contributed by atoms with Crippen LogP contribution in [0.1, 0.15) is 0 Å². The minimum Gasteiger partial charge on any atom is -0.404 e. The van der Waals surface area contributed by atoms with Crippen molar-refractivity contribution in [3.8, 4) is 11.7 Å². The summed E-state index contributed by atoms with van der Waals surface area (Å²) < 4.78 is 9.93. The summed E-state index contributed by atoms with van der Waals surface area (Å²) in [5, 5.41) is 2.07. The Morgan fingerprint density at radius 1 is 0.926 bits per heavy atom. The molecule has 0 bridgehead atoms. The predicted molar refractivity (Wildman–Crippen MR) is 98.6 cm³/mol. The van der Waals surface area contributed by atoms with Gasteiger partial charge in [-0.15, -0.1) is 4.57 Å². The van der Waals surface area contributed by atoms with Crippen molar-refractivity contribution in [2.24, 2.45) is 0 Å². The number of imidazole rings is 1. The lowest BCUT2D eigenvalue weighted by Gasteiger charge is -1.93. The number of fused-ring (bicyclic) bond motifs is 3. The van der Waals surface area contributed by atoms with E-state index in [-0.39, 0.29) is 0 Å². The number of nitrogens with one attached hydrogen (secondary N) is 2. The van der Waals surface area contributed by atoms with Gasteiger partial charge in [-0.1, -0.05) is 0 Å². The molecule has 0 atom stereocenters. The van der Waals surface area contributed by atoms with Crippen molar-refractivity contribution < 1.29 is 13.6 Å². The molecule has 0 radical (unpaired) electrons. The number of pyridine rings is 3. The maximum Gasteiger partial charge on any atom is 0.379 e. The molecule has 7 nitrogen and oxygen atoms in total. The molecule has 0 aliphatic heterocycles. The average Bonchev–Trinajstić information content (AvgIpc) is 3.42. The van der Waals surface area contributed by atoms with Gasteiger partial charge in [-0.3, -0.25) is 4.98 Å². The number of aromatic amines is 2. The second kappa shape index (κ2) is 5.25. The normalized spacial score (nSPS) is 11.7. The summed E-state index contributed by atoms with van der Waals surface area (Å²) in [4.78, 5) is 15.0. The van der Waals surface area contributed by atoms with Gasteiger partial charge in [0.2, 0.25) is 0 Å². The van der Waals surface area contributed by atoms with Crippen molar-refractivity contribution in [1.29, 1.82) is 0 Å². The Labute approximate surface area is 152 Å². The molecule has 6 aromatic rings. The van der Waals surface area contributed by atoms with Gasteiger partial charge in [0.25, 0.3) is 5.82 Å². The minimum absolute atomic E-state index is 0.758. The highest BCUT2D eigenvalue weighted by atomic mass is 16.3. The second-order valence-corrected chi connectivity index (χ2v) is 6.43. The lowest BCUT2D eigenvalue weighted by Crippen LogP contribution is -2.29. The molecule has 6 heterocycles.